The van der Waals surface area contributed by atoms with Gasteiger partial charge in [0.2, 0.25) is 11.9 Å². The number of piperazine rings is 1. The van der Waals surface area contributed by atoms with Gasteiger partial charge in [-0.1, -0.05) is 18.9 Å². The molecule has 11 nitrogen and oxygen atoms in total. The standard InChI is InChI=1S/C28H38N8O3/c1-5-19-18-36(21-8-6-7-9-21)25-23(34(3)27(19)38)17-29-28(31-25)30-22-11-10-20(16-24(22)39-4)26(37)32-35-14-12-33(2)13-15-35/h5,10-11,16-17,19,21H,1,6-9,12-15,18H2,2-4H3,(H,32,37)(H,29,30,31). The molecule has 0 bridgehead atoms. The van der Waals surface area contributed by atoms with Crippen molar-refractivity contribution in [2.24, 2.45) is 5.92 Å². The number of benzene rings is 1. The summed E-state index contributed by atoms with van der Waals surface area (Å²) in [7, 11) is 5.41. The van der Waals surface area contributed by atoms with Crippen LogP contribution in [0.25, 0.3) is 0 Å². The lowest BCUT2D eigenvalue weighted by Gasteiger charge is -2.32. The number of methoxy groups -OCH3 is 1. The quantitative estimate of drug-likeness (QED) is 0.519. The van der Waals surface area contributed by atoms with E-state index in [2.05, 4.69) is 39.2 Å². The third-order valence-corrected chi connectivity index (χ3v) is 7.95. The van der Waals surface area contributed by atoms with Crippen molar-refractivity contribution in [3.8, 4) is 5.75 Å². The summed E-state index contributed by atoms with van der Waals surface area (Å²) >= 11 is 0. The van der Waals surface area contributed by atoms with Crippen LogP contribution in [0.3, 0.4) is 0 Å². The average molecular weight is 535 g/mol. The molecule has 3 heterocycles. The summed E-state index contributed by atoms with van der Waals surface area (Å²) in [6.45, 7) is 7.83. The molecule has 5 rings (SSSR count). The molecule has 1 saturated carbocycles. The summed E-state index contributed by atoms with van der Waals surface area (Å²) in [4.78, 5) is 41.5. The maximum Gasteiger partial charge on any atom is 0.265 e. The van der Waals surface area contributed by atoms with Crippen LogP contribution in [0.5, 0.6) is 5.75 Å². The van der Waals surface area contributed by atoms with E-state index in [-0.39, 0.29) is 17.7 Å². The number of rotatable bonds is 7. The number of carbonyl (C=O) groups is 2. The van der Waals surface area contributed by atoms with E-state index >= 15 is 0 Å². The van der Waals surface area contributed by atoms with E-state index in [1.54, 1.807) is 49.5 Å². The van der Waals surface area contributed by atoms with Gasteiger partial charge in [0.05, 0.1) is 24.9 Å². The third kappa shape index (κ3) is 5.69. The van der Waals surface area contributed by atoms with Crippen molar-refractivity contribution in [3.05, 3.63) is 42.6 Å². The van der Waals surface area contributed by atoms with Crippen LogP contribution in [0.2, 0.25) is 0 Å². The van der Waals surface area contributed by atoms with E-state index in [1.165, 1.54) is 12.8 Å². The molecule has 1 saturated heterocycles. The predicted molar refractivity (Wildman–Crippen MR) is 152 cm³/mol. The number of amides is 2. The molecule has 3 aliphatic rings. The van der Waals surface area contributed by atoms with Crippen molar-refractivity contribution in [1.82, 2.24) is 25.3 Å². The van der Waals surface area contributed by atoms with E-state index < -0.39 is 0 Å². The first-order valence-electron chi connectivity index (χ1n) is 13.6. The summed E-state index contributed by atoms with van der Waals surface area (Å²) in [6, 6.07) is 5.58. The molecule has 2 N–H and O–H groups in total. The molecule has 11 heteroatoms. The Morgan fingerprint density at radius 3 is 2.59 bits per heavy atom. The number of ether oxygens (including phenoxy) is 1. The Morgan fingerprint density at radius 2 is 1.90 bits per heavy atom. The minimum Gasteiger partial charge on any atom is -0.495 e. The number of anilines is 4. The summed E-state index contributed by atoms with van der Waals surface area (Å²) in [5.41, 5.74) is 4.81. The molecule has 2 fully saturated rings. The van der Waals surface area contributed by atoms with Crippen LogP contribution in [0.15, 0.2) is 37.1 Å². The minimum atomic E-state index is -0.314. The molecule has 0 radical (unpaired) electrons. The van der Waals surface area contributed by atoms with E-state index in [4.69, 9.17) is 9.72 Å². The van der Waals surface area contributed by atoms with Gasteiger partial charge in [-0.25, -0.2) is 9.99 Å². The van der Waals surface area contributed by atoms with E-state index in [1.807, 2.05) is 5.01 Å². The second-order valence-electron chi connectivity index (χ2n) is 10.5. The van der Waals surface area contributed by atoms with Crippen molar-refractivity contribution in [1.29, 1.82) is 0 Å². The maximum absolute atomic E-state index is 13.1. The van der Waals surface area contributed by atoms with Crippen molar-refractivity contribution in [3.63, 3.8) is 0 Å². The summed E-state index contributed by atoms with van der Waals surface area (Å²) in [5.74, 6) is 1.13. The zero-order valence-electron chi connectivity index (χ0n) is 23.0. The molecule has 1 aromatic carbocycles. The highest BCUT2D eigenvalue weighted by atomic mass is 16.5. The summed E-state index contributed by atoms with van der Waals surface area (Å²) in [6.07, 6.45) is 7.90. The van der Waals surface area contributed by atoms with E-state index in [0.717, 1.165) is 44.8 Å². The van der Waals surface area contributed by atoms with Gasteiger partial charge in [0.1, 0.15) is 11.4 Å². The lowest BCUT2D eigenvalue weighted by molar-refractivity contribution is -0.120. The van der Waals surface area contributed by atoms with E-state index in [0.29, 0.717) is 41.2 Å². The average Bonchev–Trinajstić information content (AvgIpc) is 3.46. The van der Waals surface area contributed by atoms with Gasteiger partial charge in [0.25, 0.3) is 5.91 Å². The lowest BCUT2D eigenvalue weighted by atomic mass is 10.1. The SMILES string of the molecule is C=CC1CN(C2CCCC2)c2nc(Nc3ccc(C(=O)NN4CCN(C)CC4)cc3OC)ncc2N(C)C1=O. The van der Waals surface area contributed by atoms with Gasteiger partial charge in [0.15, 0.2) is 5.82 Å². The van der Waals surface area contributed by atoms with Crippen LogP contribution in [0, 0.1) is 5.92 Å². The molecule has 2 aliphatic heterocycles. The molecule has 1 atom stereocenters. The molecule has 1 aromatic heterocycles. The Morgan fingerprint density at radius 1 is 1.15 bits per heavy atom. The monoisotopic (exact) mass is 534 g/mol. The van der Waals surface area contributed by atoms with Crippen LogP contribution in [-0.2, 0) is 4.79 Å². The van der Waals surface area contributed by atoms with Crippen LogP contribution >= 0.6 is 0 Å². The van der Waals surface area contributed by atoms with Crippen molar-refractivity contribution >= 4 is 35.0 Å². The molecule has 1 unspecified atom stereocenters. The number of nitrogens with zero attached hydrogens (tertiary/aromatic N) is 6. The van der Waals surface area contributed by atoms with Gasteiger partial charge in [-0.05, 0) is 38.1 Å². The number of fused-ring (bicyclic) bond motifs is 1. The van der Waals surface area contributed by atoms with Gasteiger partial charge in [-0.15, -0.1) is 6.58 Å². The van der Waals surface area contributed by atoms with Crippen molar-refractivity contribution < 1.29 is 14.3 Å². The van der Waals surface area contributed by atoms with Crippen molar-refractivity contribution in [2.75, 3.05) is 69.0 Å². The molecular formula is C28H38N8O3. The third-order valence-electron chi connectivity index (χ3n) is 7.95. The Balaban J connectivity index is 1.38. The smallest absolute Gasteiger partial charge is 0.265 e. The number of hydrogen-bond donors (Lipinski definition) is 2. The van der Waals surface area contributed by atoms with Gasteiger partial charge >= 0.3 is 0 Å². The highest BCUT2D eigenvalue weighted by Crippen LogP contribution is 2.38. The molecular weight excluding hydrogens is 496 g/mol. The highest BCUT2D eigenvalue weighted by molar-refractivity contribution is 6.00. The molecule has 0 spiro atoms. The number of carbonyl (C=O) groups excluding carboxylic acids is 2. The second-order valence-corrected chi connectivity index (χ2v) is 10.5. The Hall–Kier alpha value is -3.70. The number of hydrogen-bond acceptors (Lipinski definition) is 9. The van der Waals surface area contributed by atoms with Crippen LogP contribution in [-0.4, -0.2) is 91.7 Å². The second kappa shape index (κ2) is 11.6. The Labute approximate surface area is 229 Å². The minimum absolute atomic E-state index is 0.0110. The fraction of sp³-hybridized carbons (Fsp3) is 0.500. The van der Waals surface area contributed by atoms with Gasteiger partial charge < -0.3 is 24.8 Å². The maximum atomic E-state index is 13.1. The number of hydrazine groups is 1. The van der Waals surface area contributed by atoms with Crippen molar-refractivity contribution in [2.45, 2.75) is 31.7 Å². The van der Waals surface area contributed by atoms with Crippen LogP contribution < -0.4 is 25.3 Å². The van der Waals surface area contributed by atoms with Crippen LogP contribution in [0.4, 0.5) is 23.1 Å². The Kier molecular flexibility index (Phi) is 7.99. The van der Waals surface area contributed by atoms with Gasteiger partial charge in [-0.3, -0.25) is 15.0 Å². The first kappa shape index (κ1) is 26.9. The summed E-state index contributed by atoms with van der Waals surface area (Å²) < 4.78 is 5.61. The number of nitrogens with one attached hydrogen (secondary N) is 2. The fourth-order valence-electron chi connectivity index (χ4n) is 5.51. The first-order chi connectivity index (χ1) is 18.9. The molecule has 2 aromatic rings. The molecule has 39 heavy (non-hydrogen) atoms. The lowest BCUT2D eigenvalue weighted by Crippen LogP contribution is -2.52. The molecule has 1 aliphatic carbocycles. The zero-order chi connectivity index (χ0) is 27.5. The number of aromatic nitrogens is 2. The largest absolute Gasteiger partial charge is 0.495 e. The normalized spacial score (nSPS) is 20.9. The topological polar surface area (TPSA) is 106 Å². The first-order valence-corrected chi connectivity index (χ1v) is 13.6. The fourth-order valence-corrected chi connectivity index (χ4v) is 5.51. The predicted octanol–water partition coefficient (Wildman–Crippen LogP) is 2.65. The molecule has 208 valence electrons. The van der Waals surface area contributed by atoms with Crippen LogP contribution in [0.1, 0.15) is 36.0 Å². The van der Waals surface area contributed by atoms with E-state index in [9.17, 15) is 9.59 Å². The summed E-state index contributed by atoms with van der Waals surface area (Å²) in [5, 5.41) is 5.21. The number of likely N-dealkylation sites (N-methyl/N-ethyl adjacent to an activating group) is 1. The van der Waals surface area contributed by atoms with Gasteiger partial charge in [-0.2, -0.15) is 4.98 Å². The Bertz CT molecular complexity index is 1220. The van der Waals surface area contributed by atoms with Gasteiger partial charge in [0, 0.05) is 51.4 Å². The highest BCUT2D eigenvalue weighted by Gasteiger charge is 2.36. The molecule has 2 amide bonds. The zero-order valence-corrected chi connectivity index (χ0v) is 23.0.